The molecule has 0 aliphatic rings. The quantitative estimate of drug-likeness (QED) is 0.793. The summed E-state index contributed by atoms with van der Waals surface area (Å²) in [6.45, 7) is 8.42. The highest BCUT2D eigenvalue weighted by Crippen LogP contribution is 2.19. The van der Waals surface area contributed by atoms with Gasteiger partial charge in [0.2, 0.25) is 0 Å². The minimum Gasteiger partial charge on any atom is -0.390 e. The van der Waals surface area contributed by atoms with E-state index in [4.69, 9.17) is 0 Å². The highest BCUT2D eigenvalue weighted by molar-refractivity contribution is 5.12. The molecular weight excluding hydrogens is 216 g/mol. The number of rotatable bonds is 6. The molecule has 4 nitrogen and oxygen atoms in total. The Bertz CT molecular complexity index is 358. The molecule has 0 aliphatic heterocycles. The van der Waals surface area contributed by atoms with Gasteiger partial charge in [-0.2, -0.15) is 5.10 Å². The number of hydrogen-bond acceptors (Lipinski definition) is 3. The van der Waals surface area contributed by atoms with Crippen molar-refractivity contribution in [2.45, 2.75) is 65.2 Å². The minimum atomic E-state index is -1.03. The summed E-state index contributed by atoms with van der Waals surface area (Å²) in [7, 11) is 0. The Balaban J connectivity index is 2.83. The van der Waals surface area contributed by atoms with Crippen LogP contribution in [0.2, 0.25) is 0 Å². The van der Waals surface area contributed by atoms with Crippen molar-refractivity contribution in [3.63, 3.8) is 0 Å². The normalized spacial score (nSPS) is 16.8. The van der Waals surface area contributed by atoms with Crippen molar-refractivity contribution in [3.05, 3.63) is 17.5 Å². The van der Waals surface area contributed by atoms with Crippen molar-refractivity contribution < 1.29 is 10.2 Å². The molecule has 2 unspecified atom stereocenters. The van der Waals surface area contributed by atoms with Gasteiger partial charge in [0, 0.05) is 18.7 Å². The molecule has 0 bridgehead atoms. The fourth-order valence-electron chi connectivity index (χ4n) is 1.78. The van der Waals surface area contributed by atoms with E-state index in [9.17, 15) is 10.2 Å². The van der Waals surface area contributed by atoms with Gasteiger partial charge < -0.3 is 10.2 Å². The molecule has 1 heterocycles. The van der Waals surface area contributed by atoms with Gasteiger partial charge in [-0.3, -0.25) is 4.68 Å². The van der Waals surface area contributed by atoms with Crippen LogP contribution < -0.4 is 0 Å². The molecule has 1 aromatic heterocycles. The second-order valence-corrected chi connectivity index (χ2v) is 4.73. The highest BCUT2D eigenvalue weighted by atomic mass is 16.3. The average molecular weight is 240 g/mol. The molecule has 0 aliphatic carbocycles. The summed E-state index contributed by atoms with van der Waals surface area (Å²) in [6, 6.07) is 2.01. The van der Waals surface area contributed by atoms with E-state index in [-0.39, 0.29) is 0 Å². The third-order valence-corrected chi connectivity index (χ3v) is 3.41. The first-order valence-electron chi connectivity index (χ1n) is 6.40. The maximum Gasteiger partial charge on any atom is 0.0879 e. The van der Waals surface area contributed by atoms with Crippen LogP contribution in [0.3, 0.4) is 0 Å². The van der Waals surface area contributed by atoms with Crippen LogP contribution >= 0.6 is 0 Å². The Labute approximate surface area is 103 Å². The van der Waals surface area contributed by atoms with Crippen LogP contribution in [0.5, 0.6) is 0 Å². The Morgan fingerprint density at radius 1 is 1.41 bits per heavy atom. The summed E-state index contributed by atoms with van der Waals surface area (Å²) < 4.78 is 1.90. The number of nitrogens with zero attached hydrogens (tertiary/aromatic N) is 2. The number of hydrogen-bond donors (Lipinski definition) is 2. The molecule has 1 rings (SSSR count). The van der Waals surface area contributed by atoms with Crippen molar-refractivity contribution in [1.29, 1.82) is 0 Å². The lowest BCUT2D eigenvalue weighted by Gasteiger charge is -2.27. The molecule has 0 amide bonds. The second-order valence-electron chi connectivity index (χ2n) is 4.73. The smallest absolute Gasteiger partial charge is 0.0879 e. The zero-order chi connectivity index (χ0) is 13.1. The molecule has 17 heavy (non-hydrogen) atoms. The molecule has 4 heteroatoms. The topological polar surface area (TPSA) is 58.3 Å². The SMILES string of the molecule is CCc1cc(CC(O)C(C)(O)CC)n(CC)n1. The molecule has 2 atom stereocenters. The Kier molecular flexibility index (Phi) is 4.71. The van der Waals surface area contributed by atoms with Gasteiger partial charge >= 0.3 is 0 Å². The molecule has 0 fully saturated rings. The lowest BCUT2D eigenvalue weighted by atomic mass is 9.92. The van der Waals surface area contributed by atoms with Crippen molar-refractivity contribution in [3.8, 4) is 0 Å². The fraction of sp³-hybridized carbons (Fsp3) is 0.769. The van der Waals surface area contributed by atoms with E-state index < -0.39 is 11.7 Å². The van der Waals surface area contributed by atoms with Crippen LogP contribution in [0.15, 0.2) is 6.07 Å². The fourth-order valence-corrected chi connectivity index (χ4v) is 1.78. The molecule has 0 radical (unpaired) electrons. The number of aromatic nitrogens is 2. The predicted octanol–water partition coefficient (Wildman–Crippen LogP) is 1.53. The van der Waals surface area contributed by atoms with Crippen LogP contribution in [0.1, 0.15) is 45.5 Å². The summed E-state index contributed by atoms with van der Waals surface area (Å²) >= 11 is 0. The summed E-state index contributed by atoms with van der Waals surface area (Å²) in [5, 5.41) is 24.5. The summed E-state index contributed by atoms with van der Waals surface area (Å²) in [4.78, 5) is 0. The Hall–Kier alpha value is -0.870. The third-order valence-electron chi connectivity index (χ3n) is 3.41. The van der Waals surface area contributed by atoms with Crippen molar-refractivity contribution in [1.82, 2.24) is 9.78 Å². The van der Waals surface area contributed by atoms with Gasteiger partial charge in [-0.1, -0.05) is 13.8 Å². The molecule has 1 aromatic rings. The van der Waals surface area contributed by atoms with Crippen LogP contribution in [-0.2, 0) is 19.4 Å². The first-order chi connectivity index (χ1) is 7.94. The van der Waals surface area contributed by atoms with Gasteiger partial charge in [0.25, 0.3) is 0 Å². The first-order valence-corrected chi connectivity index (χ1v) is 6.40. The molecule has 0 saturated carbocycles. The van der Waals surface area contributed by atoms with E-state index in [0.29, 0.717) is 12.8 Å². The average Bonchev–Trinajstić information content (AvgIpc) is 2.71. The van der Waals surface area contributed by atoms with Crippen LogP contribution in [0, 0.1) is 0 Å². The molecular formula is C13H24N2O2. The highest BCUT2D eigenvalue weighted by Gasteiger charge is 2.29. The van der Waals surface area contributed by atoms with Gasteiger partial charge in [-0.25, -0.2) is 0 Å². The molecule has 0 spiro atoms. The van der Waals surface area contributed by atoms with Gasteiger partial charge in [0.15, 0.2) is 0 Å². The van der Waals surface area contributed by atoms with E-state index in [1.807, 2.05) is 24.6 Å². The number of aryl methyl sites for hydroxylation is 2. The van der Waals surface area contributed by atoms with Crippen LogP contribution in [-0.4, -0.2) is 31.7 Å². The maximum atomic E-state index is 10.0. The summed E-state index contributed by atoms with van der Waals surface area (Å²) in [5.74, 6) is 0. The van der Waals surface area contributed by atoms with Crippen molar-refractivity contribution >= 4 is 0 Å². The van der Waals surface area contributed by atoms with Crippen molar-refractivity contribution in [2.24, 2.45) is 0 Å². The lowest BCUT2D eigenvalue weighted by molar-refractivity contribution is -0.0636. The molecule has 0 saturated heterocycles. The van der Waals surface area contributed by atoms with Gasteiger partial charge in [-0.15, -0.1) is 0 Å². The monoisotopic (exact) mass is 240 g/mol. The molecule has 0 aromatic carbocycles. The van der Waals surface area contributed by atoms with Crippen LogP contribution in [0.25, 0.3) is 0 Å². The van der Waals surface area contributed by atoms with E-state index in [0.717, 1.165) is 24.4 Å². The van der Waals surface area contributed by atoms with E-state index in [1.54, 1.807) is 6.92 Å². The first kappa shape index (κ1) is 14.2. The van der Waals surface area contributed by atoms with Crippen molar-refractivity contribution in [2.75, 3.05) is 0 Å². The summed E-state index contributed by atoms with van der Waals surface area (Å²) in [5.41, 5.74) is 0.991. The zero-order valence-electron chi connectivity index (χ0n) is 11.3. The number of aliphatic hydroxyl groups excluding tert-OH is 1. The standard InChI is InChI=1S/C13H24N2O2/c1-5-10-8-11(15(7-3)14-10)9-12(16)13(4,17)6-2/h8,12,16-17H,5-7,9H2,1-4H3. The van der Waals surface area contributed by atoms with E-state index >= 15 is 0 Å². The maximum absolute atomic E-state index is 10.0. The van der Waals surface area contributed by atoms with E-state index in [2.05, 4.69) is 12.0 Å². The summed E-state index contributed by atoms with van der Waals surface area (Å²) in [6.07, 6.45) is 1.12. The lowest BCUT2D eigenvalue weighted by Crippen LogP contribution is -2.40. The van der Waals surface area contributed by atoms with E-state index in [1.165, 1.54) is 0 Å². The van der Waals surface area contributed by atoms with Crippen LogP contribution in [0.4, 0.5) is 0 Å². The van der Waals surface area contributed by atoms with Gasteiger partial charge in [0.05, 0.1) is 17.4 Å². The minimum absolute atomic E-state index is 0.446. The van der Waals surface area contributed by atoms with Gasteiger partial charge in [0.1, 0.15) is 0 Å². The largest absolute Gasteiger partial charge is 0.390 e. The second kappa shape index (κ2) is 5.65. The molecule has 2 N–H and O–H groups in total. The number of aliphatic hydroxyl groups is 2. The molecule has 98 valence electrons. The Morgan fingerprint density at radius 2 is 2.06 bits per heavy atom. The zero-order valence-corrected chi connectivity index (χ0v) is 11.3. The third kappa shape index (κ3) is 3.30. The van der Waals surface area contributed by atoms with Gasteiger partial charge in [-0.05, 0) is 32.8 Å². The predicted molar refractivity (Wildman–Crippen MR) is 67.9 cm³/mol. The Morgan fingerprint density at radius 3 is 2.53 bits per heavy atom.